The Kier molecular flexibility index (Phi) is 9.03. The minimum absolute atomic E-state index is 0.0410. The van der Waals surface area contributed by atoms with E-state index in [1.165, 1.54) is 18.7 Å². The topological polar surface area (TPSA) is 132 Å². The Balaban J connectivity index is 1.44. The lowest BCUT2D eigenvalue weighted by molar-refractivity contribution is -0.131. The molecule has 3 amide bonds. The number of carbonyl (C=O) groups excluding carboxylic acids is 3. The molecule has 2 aromatic rings. The summed E-state index contributed by atoms with van der Waals surface area (Å²) in [5.74, 6) is 0.343. The van der Waals surface area contributed by atoms with E-state index in [2.05, 4.69) is 21.1 Å². The zero-order valence-electron chi connectivity index (χ0n) is 21.5. The third-order valence-electron chi connectivity index (χ3n) is 7.30. The van der Waals surface area contributed by atoms with E-state index in [0.717, 1.165) is 31.2 Å². The summed E-state index contributed by atoms with van der Waals surface area (Å²) in [5.41, 5.74) is 0.798. The molecule has 0 saturated heterocycles. The normalized spacial score (nSPS) is 17.5. The van der Waals surface area contributed by atoms with E-state index in [0.29, 0.717) is 30.3 Å². The first kappa shape index (κ1) is 26.5. The predicted octanol–water partition coefficient (Wildman–Crippen LogP) is 3.32. The summed E-state index contributed by atoms with van der Waals surface area (Å²) < 4.78 is 15.9. The van der Waals surface area contributed by atoms with Crippen LogP contribution in [0.5, 0.6) is 11.5 Å². The van der Waals surface area contributed by atoms with Crippen molar-refractivity contribution in [1.82, 2.24) is 21.1 Å². The van der Waals surface area contributed by atoms with E-state index < -0.39 is 18.0 Å². The largest absolute Gasteiger partial charge is 0.454 e. The van der Waals surface area contributed by atoms with Crippen molar-refractivity contribution >= 4 is 17.7 Å². The molecule has 3 atom stereocenters. The molecule has 0 bridgehead atoms. The van der Waals surface area contributed by atoms with Gasteiger partial charge >= 0.3 is 0 Å². The number of hydrogen-bond acceptors (Lipinski definition) is 7. The maximum atomic E-state index is 13.5. The molecule has 37 heavy (non-hydrogen) atoms. The second-order valence-corrected chi connectivity index (χ2v) is 9.88. The molecule has 200 valence electrons. The Labute approximate surface area is 216 Å². The number of amides is 3. The van der Waals surface area contributed by atoms with Crippen molar-refractivity contribution in [3.05, 3.63) is 41.8 Å². The van der Waals surface area contributed by atoms with Gasteiger partial charge in [0.1, 0.15) is 12.1 Å². The summed E-state index contributed by atoms with van der Waals surface area (Å²) in [7, 11) is 0. The predicted molar refractivity (Wildman–Crippen MR) is 135 cm³/mol. The molecule has 10 nitrogen and oxygen atoms in total. The second-order valence-electron chi connectivity index (χ2n) is 9.88. The molecule has 1 aromatic carbocycles. The maximum absolute atomic E-state index is 13.5. The van der Waals surface area contributed by atoms with Gasteiger partial charge < -0.3 is 29.9 Å². The molecule has 3 N–H and O–H groups in total. The highest BCUT2D eigenvalue weighted by Crippen LogP contribution is 2.35. The molecule has 0 unspecified atom stereocenters. The van der Waals surface area contributed by atoms with Crippen LogP contribution in [0.2, 0.25) is 0 Å². The highest BCUT2D eigenvalue weighted by Gasteiger charge is 2.32. The molecule has 0 radical (unpaired) electrons. The third-order valence-corrected chi connectivity index (χ3v) is 7.30. The third kappa shape index (κ3) is 6.81. The first-order valence-electron chi connectivity index (χ1n) is 13.1. The Hall–Kier alpha value is -3.56. The van der Waals surface area contributed by atoms with E-state index in [1.54, 1.807) is 0 Å². The standard InChI is InChI=1S/C27H36N4O6/c1-3-17(2)23(27(34)28-15-19-10-7-11-21-24(19)36-16-35-21)31-25(32)20(14-18-8-5-4-6-9-18)30-26(33)22-12-13-29-37-22/h7,10-13,17-18,20,23H,3-6,8-9,14-16H2,1-2H3,(H,28,34)(H,30,33)(H,31,32)/t17-,20-,23-/m0/s1. The number of ether oxygens (including phenoxy) is 2. The minimum Gasteiger partial charge on any atom is -0.454 e. The van der Waals surface area contributed by atoms with Crippen LogP contribution in [0.3, 0.4) is 0 Å². The smallest absolute Gasteiger partial charge is 0.290 e. The average Bonchev–Trinajstić information content (AvgIpc) is 3.63. The first-order valence-corrected chi connectivity index (χ1v) is 13.1. The molecule has 0 spiro atoms. The van der Waals surface area contributed by atoms with Crippen LogP contribution < -0.4 is 25.4 Å². The lowest BCUT2D eigenvalue weighted by atomic mass is 9.84. The molecule has 1 aliphatic carbocycles. The number of para-hydroxylation sites is 1. The molecular weight excluding hydrogens is 476 g/mol. The fourth-order valence-corrected chi connectivity index (χ4v) is 4.93. The highest BCUT2D eigenvalue weighted by atomic mass is 16.7. The number of rotatable bonds is 11. The van der Waals surface area contributed by atoms with Gasteiger partial charge in [-0.2, -0.15) is 0 Å². The Morgan fingerprint density at radius 3 is 2.59 bits per heavy atom. The Morgan fingerprint density at radius 2 is 1.86 bits per heavy atom. The summed E-state index contributed by atoms with van der Waals surface area (Å²) >= 11 is 0. The van der Waals surface area contributed by atoms with Crippen molar-refractivity contribution in [3.63, 3.8) is 0 Å². The summed E-state index contributed by atoms with van der Waals surface area (Å²) in [4.78, 5) is 39.5. The van der Waals surface area contributed by atoms with Gasteiger partial charge in [0, 0.05) is 18.2 Å². The van der Waals surface area contributed by atoms with Crippen LogP contribution in [-0.2, 0) is 16.1 Å². The first-order chi connectivity index (χ1) is 18.0. The highest BCUT2D eigenvalue weighted by molar-refractivity contribution is 5.96. The molecule has 4 rings (SSSR count). The van der Waals surface area contributed by atoms with Gasteiger partial charge in [-0.1, -0.05) is 69.7 Å². The fourth-order valence-electron chi connectivity index (χ4n) is 4.93. The van der Waals surface area contributed by atoms with E-state index in [4.69, 9.17) is 14.0 Å². The molecule has 1 aromatic heterocycles. The van der Waals surface area contributed by atoms with Crippen LogP contribution in [0.4, 0.5) is 0 Å². The van der Waals surface area contributed by atoms with Crippen molar-refractivity contribution in [1.29, 1.82) is 0 Å². The van der Waals surface area contributed by atoms with Gasteiger partial charge in [-0.15, -0.1) is 0 Å². The van der Waals surface area contributed by atoms with Gasteiger partial charge in [0.2, 0.25) is 24.4 Å². The zero-order valence-corrected chi connectivity index (χ0v) is 21.5. The molecule has 1 aliphatic heterocycles. The summed E-state index contributed by atoms with van der Waals surface area (Å²) in [6.07, 6.45) is 8.04. The van der Waals surface area contributed by atoms with Crippen molar-refractivity contribution in [2.75, 3.05) is 6.79 Å². The van der Waals surface area contributed by atoms with Crippen molar-refractivity contribution in [2.45, 2.75) is 77.4 Å². The minimum atomic E-state index is -0.789. The van der Waals surface area contributed by atoms with Crippen LogP contribution in [0.1, 0.15) is 74.9 Å². The zero-order chi connectivity index (χ0) is 26.2. The molecule has 2 aliphatic rings. The number of nitrogens with one attached hydrogen (secondary N) is 3. The monoisotopic (exact) mass is 512 g/mol. The van der Waals surface area contributed by atoms with Gasteiger partial charge in [0.25, 0.3) is 5.91 Å². The van der Waals surface area contributed by atoms with Gasteiger partial charge in [-0.05, 0) is 24.3 Å². The van der Waals surface area contributed by atoms with Gasteiger partial charge in [0.05, 0.1) is 6.20 Å². The summed E-state index contributed by atoms with van der Waals surface area (Å²) in [6.45, 7) is 4.28. The van der Waals surface area contributed by atoms with Crippen molar-refractivity contribution in [2.24, 2.45) is 11.8 Å². The van der Waals surface area contributed by atoms with E-state index in [-0.39, 0.29) is 36.8 Å². The van der Waals surface area contributed by atoms with Crippen molar-refractivity contribution < 1.29 is 28.4 Å². The number of nitrogens with zero attached hydrogens (tertiary/aromatic N) is 1. The number of benzene rings is 1. The van der Waals surface area contributed by atoms with Crippen LogP contribution in [0.15, 0.2) is 35.0 Å². The summed E-state index contributed by atoms with van der Waals surface area (Å²) in [5, 5.41) is 12.2. The number of fused-ring (bicyclic) bond motifs is 1. The lowest BCUT2D eigenvalue weighted by Crippen LogP contribution is -2.56. The summed E-state index contributed by atoms with van der Waals surface area (Å²) in [6, 6.07) is 5.43. The Bertz CT molecular complexity index is 1070. The van der Waals surface area contributed by atoms with Crippen LogP contribution in [0, 0.1) is 11.8 Å². The second kappa shape index (κ2) is 12.6. The number of aromatic nitrogens is 1. The van der Waals surface area contributed by atoms with Crippen LogP contribution >= 0.6 is 0 Å². The van der Waals surface area contributed by atoms with E-state index >= 15 is 0 Å². The Morgan fingerprint density at radius 1 is 1.05 bits per heavy atom. The molecule has 10 heteroatoms. The van der Waals surface area contributed by atoms with Gasteiger partial charge in [-0.25, -0.2) is 0 Å². The SMILES string of the molecule is CC[C@H](C)[C@H](NC(=O)[C@H](CC1CCCCC1)NC(=O)c1ccno1)C(=O)NCc1cccc2c1OCO2. The molecule has 1 fully saturated rings. The molecule has 2 heterocycles. The fraction of sp³-hybridized carbons (Fsp3) is 0.556. The number of hydrogen-bond donors (Lipinski definition) is 3. The van der Waals surface area contributed by atoms with Crippen LogP contribution in [0.25, 0.3) is 0 Å². The van der Waals surface area contributed by atoms with Crippen molar-refractivity contribution in [3.8, 4) is 11.5 Å². The van der Waals surface area contributed by atoms with E-state index in [9.17, 15) is 14.4 Å². The van der Waals surface area contributed by atoms with Gasteiger partial charge in [0.15, 0.2) is 11.5 Å². The lowest BCUT2D eigenvalue weighted by Gasteiger charge is -2.29. The number of carbonyl (C=O) groups is 3. The van der Waals surface area contributed by atoms with Crippen LogP contribution in [-0.4, -0.2) is 41.8 Å². The van der Waals surface area contributed by atoms with E-state index in [1.807, 2.05) is 32.0 Å². The molecule has 1 saturated carbocycles. The molecular formula is C27H36N4O6. The quantitative estimate of drug-likeness (QED) is 0.421. The van der Waals surface area contributed by atoms with Gasteiger partial charge in [-0.3, -0.25) is 14.4 Å². The maximum Gasteiger partial charge on any atom is 0.290 e. The average molecular weight is 513 g/mol.